The van der Waals surface area contributed by atoms with Crippen molar-refractivity contribution < 1.29 is 9.84 Å². The average Bonchev–Trinajstić information content (AvgIpc) is 3.34. The normalized spacial score (nSPS) is 10.4. The van der Waals surface area contributed by atoms with Gasteiger partial charge in [0.2, 0.25) is 5.69 Å². The molecule has 4 N–H and O–H groups in total. The number of aromatic nitrogens is 2. The third-order valence-electron chi connectivity index (χ3n) is 5.10. The number of nitriles is 1. The van der Waals surface area contributed by atoms with Crippen LogP contribution in [0.4, 0.5) is 22.3 Å². The van der Waals surface area contributed by atoms with Gasteiger partial charge < -0.3 is 20.9 Å². The number of nitrogens with one attached hydrogen (secondary N) is 1. The number of thiazole rings is 1. The van der Waals surface area contributed by atoms with Gasteiger partial charge >= 0.3 is 0 Å². The molecule has 0 aliphatic heterocycles. The Hall–Kier alpha value is -4.09. The lowest BCUT2D eigenvalue weighted by Crippen LogP contribution is -2.02. The molecule has 4 aromatic rings. The van der Waals surface area contributed by atoms with Crippen LogP contribution in [0.2, 0.25) is 0 Å². The van der Waals surface area contributed by atoms with E-state index < -0.39 is 0 Å². The fourth-order valence-corrected chi connectivity index (χ4v) is 5.11. The number of benzene rings is 2. The van der Waals surface area contributed by atoms with Crippen molar-refractivity contribution >= 4 is 45.4 Å². The van der Waals surface area contributed by atoms with E-state index >= 15 is 0 Å². The zero-order chi connectivity index (χ0) is 25.5. The van der Waals surface area contributed by atoms with Crippen molar-refractivity contribution in [1.29, 1.82) is 5.26 Å². The smallest absolute Gasteiger partial charge is 0.236 e. The second-order valence-corrected chi connectivity index (χ2v) is 9.47. The van der Waals surface area contributed by atoms with Gasteiger partial charge in [0.1, 0.15) is 29.3 Å². The van der Waals surface area contributed by atoms with Gasteiger partial charge in [-0.3, -0.25) is 0 Å². The van der Waals surface area contributed by atoms with Gasteiger partial charge in [-0.1, -0.05) is 41.6 Å². The molecule has 0 bridgehead atoms. The van der Waals surface area contributed by atoms with Crippen LogP contribution in [-0.2, 0) is 5.75 Å². The number of thioether (sulfide) groups is 1. The molecular weight excluding hydrogens is 492 g/mol. The number of pyridine rings is 1. The molecule has 0 aliphatic carbocycles. The standard InChI is InChI=1S/C26H22N6O2S2/c1-16-3-7-18(8-4-16)30-26-31-19(15-36-26)14-35-25-21(13-27)22(23(29-2)24(28)32-25)17-5-9-20(10-6-17)34-12-11-33/h3-10,15,33H,11-12,14H2,1H3,(H2,28,32)(H,30,31). The molecule has 8 nitrogen and oxygen atoms in total. The van der Waals surface area contributed by atoms with Crippen molar-refractivity contribution in [2.75, 3.05) is 24.3 Å². The predicted molar refractivity (Wildman–Crippen MR) is 144 cm³/mol. The molecule has 4 rings (SSSR count). The summed E-state index contributed by atoms with van der Waals surface area (Å²) >= 11 is 2.85. The molecule has 0 saturated heterocycles. The van der Waals surface area contributed by atoms with Gasteiger partial charge in [-0.2, -0.15) is 5.26 Å². The Kier molecular flexibility index (Phi) is 8.03. The number of aliphatic hydroxyl groups excluding tert-OH is 1. The lowest BCUT2D eigenvalue weighted by Gasteiger charge is -2.13. The largest absolute Gasteiger partial charge is 0.491 e. The van der Waals surface area contributed by atoms with E-state index in [0.717, 1.165) is 16.5 Å². The van der Waals surface area contributed by atoms with Gasteiger partial charge in [-0.15, -0.1) is 11.3 Å². The van der Waals surface area contributed by atoms with Crippen molar-refractivity contribution in [2.45, 2.75) is 17.7 Å². The summed E-state index contributed by atoms with van der Waals surface area (Å²) < 4.78 is 5.41. The molecule has 2 aromatic heterocycles. The molecule has 180 valence electrons. The summed E-state index contributed by atoms with van der Waals surface area (Å²) in [4.78, 5) is 12.6. The van der Waals surface area contributed by atoms with E-state index in [1.165, 1.54) is 28.7 Å². The molecular formula is C26H22N6O2S2. The quantitative estimate of drug-likeness (QED) is 0.186. The lowest BCUT2D eigenvalue weighted by atomic mass is 10.00. The number of rotatable bonds is 9. The first-order valence-corrected chi connectivity index (χ1v) is 12.7. The summed E-state index contributed by atoms with van der Waals surface area (Å²) in [5, 5.41) is 25.4. The highest BCUT2D eigenvalue weighted by Gasteiger charge is 2.21. The number of nitrogen functional groups attached to an aromatic ring is 1. The van der Waals surface area contributed by atoms with Crippen LogP contribution >= 0.6 is 23.1 Å². The number of nitrogens with zero attached hydrogens (tertiary/aromatic N) is 4. The molecule has 0 amide bonds. The zero-order valence-electron chi connectivity index (χ0n) is 19.4. The fraction of sp³-hybridized carbons (Fsp3) is 0.154. The van der Waals surface area contributed by atoms with Crippen LogP contribution in [0.15, 0.2) is 58.9 Å². The number of anilines is 3. The van der Waals surface area contributed by atoms with Crippen molar-refractivity contribution in [2.24, 2.45) is 0 Å². The first-order chi connectivity index (χ1) is 17.5. The molecule has 0 aliphatic rings. The number of hydrogen-bond donors (Lipinski definition) is 3. The van der Waals surface area contributed by atoms with E-state index in [2.05, 4.69) is 26.2 Å². The van der Waals surface area contributed by atoms with Crippen LogP contribution in [0, 0.1) is 24.8 Å². The maximum atomic E-state index is 10.0. The van der Waals surface area contributed by atoms with Crippen molar-refractivity contribution in [3.8, 4) is 22.9 Å². The molecule has 0 spiro atoms. The van der Waals surface area contributed by atoms with E-state index in [1.807, 2.05) is 36.6 Å². The van der Waals surface area contributed by atoms with Gasteiger partial charge in [0, 0.05) is 22.4 Å². The van der Waals surface area contributed by atoms with Crippen molar-refractivity contribution in [1.82, 2.24) is 9.97 Å². The highest BCUT2D eigenvalue weighted by Crippen LogP contribution is 2.42. The van der Waals surface area contributed by atoms with Crippen LogP contribution in [-0.4, -0.2) is 28.3 Å². The topological polar surface area (TPSA) is 121 Å². The Bertz CT molecular complexity index is 1440. The van der Waals surface area contributed by atoms with Gasteiger partial charge in [-0.05, 0) is 36.8 Å². The summed E-state index contributed by atoms with van der Waals surface area (Å²) in [5.74, 6) is 1.13. The molecule has 2 heterocycles. The lowest BCUT2D eigenvalue weighted by molar-refractivity contribution is 0.201. The maximum Gasteiger partial charge on any atom is 0.236 e. The summed E-state index contributed by atoms with van der Waals surface area (Å²) in [5.41, 5.74) is 10.6. The fourth-order valence-electron chi connectivity index (χ4n) is 3.39. The SMILES string of the molecule is [C-]#[N+]c1c(N)nc(SCc2csc(Nc3ccc(C)cc3)n2)c(C#N)c1-c1ccc(OCCO)cc1. The first-order valence-electron chi connectivity index (χ1n) is 10.9. The van der Waals surface area contributed by atoms with Gasteiger partial charge in [0.05, 0.1) is 24.4 Å². The molecule has 2 aromatic carbocycles. The second kappa shape index (κ2) is 11.6. The summed E-state index contributed by atoms with van der Waals surface area (Å²) in [6.07, 6.45) is 0. The number of aryl methyl sites for hydroxylation is 1. The molecule has 0 unspecified atom stereocenters. The van der Waals surface area contributed by atoms with Gasteiger partial charge in [-0.25, -0.2) is 14.8 Å². The minimum absolute atomic E-state index is 0.0714. The van der Waals surface area contributed by atoms with Crippen LogP contribution in [0.3, 0.4) is 0 Å². The average molecular weight is 515 g/mol. The van der Waals surface area contributed by atoms with Gasteiger partial charge in [0.25, 0.3) is 0 Å². The van der Waals surface area contributed by atoms with Crippen LogP contribution in [0.25, 0.3) is 16.0 Å². The molecule has 10 heteroatoms. The van der Waals surface area contributed by atoms with Crippen LogP contribution < -0.4 is 15.8 Å². The van der Waals surface area contributed by atoms with E-state index in [-0.39, 0.29) is 30.3 Å². The molecule has 0 atom stereocenters. The summed E-state index contributed by atoms with van der Waals surface area (Å²) in [6, 6.07) is 17.3. The van der Waals surface area contributed by atoms with Crippen LogP contribution in [0.1, 0.15) is 16.8 Å². The number of nitrogens with two attached hydrogens (primary N) is 1. The highest BCUT2D eigenvalue weighted by molar-refractivity contribution is 7.98. The van der Waals surface area contributed by atoms with Crippen molar-refractivity contribution in [3.05, 3.63) is 82.1 Å². The Morgan fingerprint density at radius 3 is 2.61 bits per heavy atom. The van der Waals surface area contributed by atoms with E-state index in [9.17, 15) is 5.26 Å². The summed E-state index contributed by atoms with van der Waals surface area (Å²) in [6.45, 7) is 9.74. The Morgan fingerprint density at radius 2 is 1.94 bits per heavy atom. The second-order valence-electron chi connectivity index (χ2n) is 7.64. The number of ether oxygens (including phenoxy) is 1. The third-order valence-corrected chi connectivity index (χ3v) is 6.92. The molecule has 0 fully saturated rings. The number of hydrogen-bond acceptors (Lipinski definition) is 9. The summed E-state index contributed by atoms with van der Waals surface area (Å²) in [7, 11) is 0. The molecule has 0 saturated carbocycles. The monoisotopic (exact) mass is 514 g/mol. The predicted octanol–water partition coefficient (Wildman–Crippen LogP) is 5.93. The highest BCUT2D eigenvalue weighted by atomic mass is 32.2. The van der Waals surface area contributed by atoms with E-state index in [1.54, 1.807) is 24.3 Å². The Balaban J connectivity index is 1.57. The van der Waals surface area contributed by atoms with E-state index in [0.29, 0.717) is 27.7 Å². The van der Waals surface area contributed by atoms with Crippen molar-refractivity contribution in [3.63, 3.8) is 0 Å². The van der Waals surface area contributed by atoms with Crippen LogP contribution in [0.5, 0.6) is 5.75 Å². The third kappa shape index (κ3) is 5.75. The molecule has 36 heavy (non-hydrogen) atoms. The first kappa shape index (κ1) is 25.0. The number of aliphatic hydroxyl groups is 1. The minimum atomic E-state index is -0.0911. The Labute approximate surface area is 217 Å². The maximum absolute atomic E-state index is 10.0. The van der Waals surface area contributed by atoms with E-state index in [4.69, 9.17) is 22.1 Å². The molecule has 0 radical (unpaired) electrons. The van der Waals surface area contributed by atoms with Gasteiger partial charge in [0.15, 0.2) is 5.13 Å². The Morgan fingerprint density at radius 1 is 1.19 bits per heavy atom. The zero-order valence-corrected chi connectivity index (χ0v) is 21.0. The minimum Gasteiger partial charge on any atom is -0.491 e.